The van der Waals surface area contributed by atoms with Crippen LogP contribution in [-0.2, 0) is 0 Å². The zero-order valence-corrected chi connectivity index (χ0v) is 10.2. The fourth-order valence-electron chi connectivity index (χ4n) is 1.12. The molecule has 0 atom stereocenters. The van der Waals surface area contributed by atoms with E-state index < -0.39 is 0 Å². The highest BCUT2D eigenvalue weighted by Gasteiger charge is 1.89. The van der Waals surface area contributed by atoms with E-state index in [1.54, 1.807) is 0 Å². The Kier molecular flexibility index (Phi) is 7.09. The molecule has 80 valence electrons. The highest BCUT2D eigenvalue weighted by molar-refractivity contribution is 5.73. The first-order valence-electron chi connectivity index (χ1n) is 5.48. The van der Waals surface area contributed by atoms with E-state index in [9.17, 15) is 0 Å². The molecule has 0 aliphatic rings. The van der Waals surface area contributed by atoms with Crippen molar-refractivity contribution in [2.75, 3.05) is 0 Å². The lowest BCUT2D eigenvalue weighted by Gasteiger charge is -1.98. The quantitative estimate of drug-likeness (QED) is 0.570. The van der Waals surface area contributed by atoms with Crippen LogP contribution >= 0.6 is 0 Å². The third-order valence-corrected chi connectivity index (χ3v) is 2.42. The minimum absolute atomic E-state index is 1.08. The number of nitrogens with zero attached hydrogens (tertiary/aromatic N) is 1. The molecule has 0 fully saturated rings. The maximum absolute atomic E-state index is 4.40. The SMILES string of the molecule is CCC/C(C)=C/C=N/C(C)=C(\C)CC. The van der Waals surface area contributed by atoms with Crippen molar-refractivity contribution in [1.82, 2.24) is 0 Å². The predicted molar refractivity (Wildman–Crippen MR) is 65.8 cm³/mol. The van der Waals surface area contributed by atoms with Gasteiger partial charge >= 0.3 is 0 Å². The lowest BCUT2D eigenvalue weighted by molar-refractivity contribution is 0.907. The van der Waals surface area contributed by atoms with Crippen molar-refractivity contribution in [3.8, 4) is 0 Å². The molecule has 0 rings (SSSR count). The van der Waals surface area contributed by atoms with Gasteiger partial charge in [0.05, 0.1) is 0 Å². The molecule has 0 aromatic carbocycles. The second-order valence-electron chi connectivity index (χ2n) is 3.76. The normalized spacial score (nSPS) is 14.8. The van der Waals surface area contributed by atoms with E-state index >= 15 is 0 Å². The zero-order chi connectivity index (χ0) is 11.0. The van der Waals surface area contributed by atoms with Gasteiger partial charge in [0.2, 0.25) is 0 Å². The number of rotatable bonds is 5. The van der Waals surface area contributed by atoms with Crippen molar-refractivity contribution in [1.29, 1.82) is 0 Å². The summed E-state index contributed by atoms with van der Waals surface area (Å²) in [6.07, 6.45) is 7.48. The molecule has 0 saturated carbocycles. The van der Waals surface area contributed by atoms with Crippen molar-refractivity contribution in [3.63, 3.8) is 0 Å². The molecule has 0 saturated heterocycles. The van der Waals surface area contributed by atoms with Crippen molar-refractivity contribution in [3.05, 3.63) is 22.9 Å². The summed E-state index contributed by atoms with van der Waals surface area (Å²) in [7, 11) is 0. The number of allylic oxidation sites excluding steroid dienone is 4. The third kappa shape index (κ3) is 5.74. The number of hydrogen-bond acceptors (Lipinski definition) is 1. The average molecular weight is 193 g/mol. The van der Waals surface area contributed by atoms with Crippen molar-refractivity contribution >= 4 is 6.21 Å². The first-order valence-corrected chi connectivity index (χ1v) is 5.48. The van der Waals surface area contributed by atoms with Crippen LogP contribution in [0.25, 0.3) is 0 Å². The molecule has 0 bridgehead atoms. The zero-order valence-electron chi connectivity index (χ0n) is 10.2. The van der Waals surface area contributed by atoms with E-state index in [1.807, 2.05) is 6.21 Å². The van der Waals surface area contributed by atoms with Crippen LogP contribution in [0.2, 0.25) is 0 Å². The lowest BCUT2D eigenvalue weighted by atomic mass is 10.2. The summed E-state index contributed by atoms with van der Waals surface area (Å²) in [6, 6.07) is 0. The fraction of sp³-hybridized carbons (Fsp3) is 0.615. The molecule has 0 amide bonds. The van der Waals surface area contributed by atoms with Gasteiger partial charge in [-0.05, 0) is 39.7 Å². The second-order valence-corrected chi connectivity index (χ2v) is 3.76. The molecule has 0 aliphatic heterocycles. The molecule has 1 heteroatoms. The van der Waals surface area contributed by atoms with Crippen LogP contribution in [0.1, 0.15) is 53.9 Å². The molecule has 0 aromatic heterocycles. The Balaban J connectivity index is 4.25. The van der Waals surface area contributed by atoms with Gasteiger partial charge in [0.15, 0.2) is 0 Å². The van der Waals surface area contributed by atoms with E-state index in [1.165, 1.54) is 24.0 Å². The minimum Gasteiger partial charge on any atom is -0.262 e. The summed E-state index contributed by atoms with van der Waals surface area (Å²) < 4.78 is 0. The maximum Gasteiger partial charge on any atom is 0.0361 e. The molecule has 0 unspecified atom stereocenters. The first kappa shape index (κ1) is 13.2. The molecular formula is C13H23N. The van der Waals surface area contributed by atoms with Gasteiger partial charge in [0, 0.05) is 11.9 Å². The van der Waals surface area contributed by atoms with E-state index in [2.05, 4.69) is 45.7 Å². The summed E-state index contributed by atoms with van der Waals surface area (Å²) >= 11 is 0. The summed E-state index contributed by atoms with van der Waals surface area (Å²) in [5.41, 5.74) is 3.91. The Labute approximate surface area is 88.6 Å². The van der Waals surface area contributed by atoms with Crippen LogP contribution in [0.4, 0.5) is 0 Å². The third-order valence-electron chi connectivity index (χ3n) is 2.42. The van der Waals surface area contributed by atoms with Gasteiger partial charge in [-0.25, -0.2) is 0 Å². The molecule has 0 spiro atoms. The Morgan fingerprint density at radius 1 is 1.14 bits per heavy atom. The molecule has 0 aliphatic carbocycles. The Morgan fingerprint density at radius 3 is 2.29 bits per heavy atom. The van der Waals surface area contributed by atoms with Crippen LogP contribution < -0.4 is 0 Å². The van der Waals surface area contributed by atoms with Crippen molar-refractivity contribution in [2.45, 2.75) is 53.9 Å². The van der Waals surface area contributed by atoms with Crippen LogP contribution in [0.5, 0.6) is 0 Å². The first-order chi connectivity index (χ1) is 6.61. The van der Waals surface area contributed by atoms with E-state index in [-0.39, 0.29) is 0 Å². The molecule has 0 radical (unpaired) electrons. The highest BCUT2D eigenvalue weighted by atomic mass is 14.7. The van der Waals surface area contributed by atoms with E-state index in [0.29, 0.717) is 0 Å². The van der Waals surface area contributed by atoms with Gasteiger partial charge in [0.1, 0.15) is 0 Å². The van der Waals surface area contributed by atoms with E-state index in [0.717, 1.165) is 12.1 Å². The van der Waals surface area contributed by atoms with Gasteiger partial charge in [-0.2, -0.15) is 0 Å². The van der Waals surface area contributed by atoms with Crippen LogP contribution in [0.15, 0.2) is 27.9 Å². The Morgan fingerprint density at radius 2 is 1.79 bits per heavy atom. The second kappa shape index (κ2) is 7.54. The van der Waals surface area contributed by atoms with Crippen molar-refractivity contribution < 1.29 is 0 Å². The van der Waals surface area contributed by atoms with Gasteiger partial charge in [0.25, 0.3) is 0 Å². The summed E-state index contributed by atoms with van der Waals surface area (Å²) in [5.74, 6) is 0. The van der Waals surface area contributed by atoms with E-state index in [4.69, 9.17) is 0 Å². The fourth-order valence-corrected chi connectivity index (χ4v) is 1.12. The number of hydrogen-bond donors (Lipinski definition) is 0. The average Bonchev–Trinajstić information content (AvgIpc) is 2.16. The standard InChI is InChI=1S/C13H23N/c1-6-8-11(3)9-10-14-13(5)12(4)7-2/h9-10H,6-8H2,1-5H3/b11-9+,13-12+,14-10+. The van der Waals surface area contributed by atoms with Gasteiger partial charge in [-0.15, -0.1) is 0 Å². The van der Waals surface area contributed by atoms with Gasteiger partial charge in [-0.3, -0.25) is 4.99 Å². The Bertz CT molecular complexity index is 244. The lowest BCUT2D eigenvalue weighted by Crippen LogP contribution is -1.81. The molecule has 0 N–H and O–H groups in total. The number of aliphatic imine (C=N–C) groups is 1. The monoisotopic (exact) mass is 193 g/mol. The Hall–Kier alpha value is -0.850. The van der Waals surface area contributed by atoms with Crippen LogP contribution in [0, 0.1) is 0 Å². The molecule has 14 heavy (non-hydrogen) atoms. The van der Waals surface area contributed by atoms with Crippen molar-refractivity contribution in [2.24, 2.45) is 4.99 Å². The molecule has 1 nitrogen and oxygen atoms in total. The predicted octanol–water partition coefficient (Wildman–Crippen LogP) is 4.51. The minimum atomic E-state index is 1.08. The summed E-state index contributed by atoms with van der Waals surface area (Å²) in [5, 5.41) is 0. The highest BCUT2D eigenvalue weighted by Crippen LogP contribution is 2.08. The largest absolute Gasteiger partial charge is 0.262 e. The molecular weight excluding hydrogens is 170 g/mol. The smallest absolute Gasteiger partial charge is 0.0361 e. The van der Waals surface area contributed by atoms with Crippen LogP contribution in [-0.4, -0.2) is 6.21 Å². The summed E-state index contributed by atoms with van der Waals surface area (Å²) in [4.78, 5) is 4.40. The maximum atomic E-state index is 4.40. The summed E-state index contributed by atoms with van der Waals surface area (Å²) in [6.45, 7) is 10.7. The topological polar surface area (TPSA) is 12.4 Å². The van der Waals surface area contributed by atoms with Crippen LogP contribution in [0.3, 0.4) is 0 Å². The van der Waals surface area contributed by atoms with Gasteiger partial charge in [-0.1, -0.05) is 31.4 Å². The molecule has 0 aromatic rings. The van der Waals surface area contributed by atoms with Gasteiger partial charge < -0.3 is 0 Å². The molecule has 0 heterocycles.